The first-order valence-electron chi connectivity index (χ1n) is 8.90. The summed E-state index contributed by atoms with van der Waals surface area (Å²) >= 11 is 0. The van der Waals surface area contributed by atoms with Crippen LogP contribution in [0.25, 0.3) is 11.5 Å². The van der Waals surface area contributed by atoms with E-state index in [9.17, 15) is 9.59 Å². The van der Waals surface area contributed by atoms with Crippen molar-refractivity contribution in [1.29, 1.82) is 0 Å². The Morgan fingerprint density at radius 3 is 2.57 bits per heavy atom. The summed E-state index contributed by atoms with van der Waals surface area (Å²) in [7, 11) is 1.64. The first kappa shape index (κ1) is 19.2. The lowest BCUT2D eigenvalue weighted by Gasteiger charge is -2.08. The molecule has 1 aromatic carbocycles. The second kappa shape index (κ2) is 9.36. The normalized spacial score (nSPS) is 10.5. The van der Waals surface area contributed by atoms with Crippen molar-refractivity contribution in [3.05, 3.63) is 65.2 Å². The van der Waals surface area contributed by atoms with E-state index in [1.807, 2.05) is 36.4 Å². The number of nitrogens with one attached hydrogen (secondary N) is 2. The summed E-state index contributed by atoms with van der Waals surface area (Å²) < 4.78 is 8.24. The first-order valence-corrected chi connectivity index (χ1v) is 8.90. The van der Waals surface area contributed by atoms with Crippen LogP contribution in [0.15, 0.2) is 59.5 Å². The van der Waals surface area contributed by atoms with Crippen LogP contribution in [0.1, 0.15) is 0 Å². The third kappa shape index (κ3) is 4.97. The Morgan fingerprint density at radius 2 is 1.82 bits per heavy atom. The summed E-state index contributed by atoms with van der Waals surface area (Å²) in [6.45, 7) is 1.26. The van der Waals surface area contributed by atoms with E-state index in [4.69, 9.17) is 4.74 Å². The van der Waals surface area contributed by atoms with Crippen LogP contribution in [-0.2, 0) is 13.6 Å². The second-order valence-corrected chi connectivity index (χ2v) is 5.95. The Labute approximate surface area is 162 Å². The molecule has 28 heavy (non-hydrogen) atoms. The van der Waals surface area contributed by atoms with Gasteiger partial charge in [-0.25, -0.2) is 14.3 Å². The Balaban J connectivity index is 1.42. The van der Waals surface area contributed by atoms with E-state index in [0.29, 0.717) is 24.7 Å². The van der Waals surface area contributed by atoms with Crippen molar-refractivity contribution < 1.29 is 9.53 Å². The molecule has 2 amide bonds. The molecule has 0 aliphatic carbocycles. The van der Waals surface area contributed by atoms with E-state index in [-0.39, 0.29) is 24.8 Å². The molecule has 146 valence electrons. The Kier molecular flexibility index (Phi) is 6.40. The van der Waals surface area contributed by atoms with Crippen LogP contribution in [0.5, 0.6) is 5.75 Å². The molecule has 0 fully saturated rings. The lowest BCUT2D eigenvalue weighted by atomic mass is 10.3. The van der Waals surface area contributed by atoms with Crippen LogP contribution in [0.3, 0.4) is 0 Å². The average molecular weight is 382 g/mol. The van der Waals surface area contributed by atoms with Crippen molar-refractivity contribution in [2.75, 3.05) is 19.7 Å². The van der Waals surface area contributed by atoms with Crippen LogP contribution >= 0.6 is 0 Å². The van der Waals surface area contributed by atoms with Crippen molar-refractivity contribution >= 4 is 6.03 Å². The summed E-state index contributed by atoms with van der Waals surface area (Å²) in [5.74, 6) is 1.23. The smallest absolute Gasteiger partial charge is 0.346 e. The minimum atomic E-state index is -0.328. The molecule has 0 bridgehead atoms. The van der Waals surface area contributed by atoms with Gasteiger partial charge in [-0.15, -0.1) is 5.10 Å². The minimum Gasteiger partial charge on any atom is -0.492 e. The number of rotatable bonds is 8. The van der Waals surface area contributed by atoms with Gasteiger partial charge in [-0.3, -0.25) is 9.55 Å². The highest BCUT2D eigenvalue weighted by Gasteiger charge is 2.12. The lowest BCUT2D eigenvalue weighted by Crippen LogP contribution is -2.40. The Bertz CT molecular complexity index is 953. The van der Waals surface area contributed by atoms with Crippen molar-refractivity contribution in [2.45, 2.75) is 6.54 Å². The van der Waals surface area contributed by atoms with Gasteiger partial charge < -0.3 is 15.4 Å². The van der Waals surface area contributed by atoms with E-state index in [1.54, 1.807) is 25.4 Å². The Morgan fingerprint density at radius 1 is 1.07 bits per heavy atom. The van der Waals surface area contributed by atoms with E-state index in [0.717, 1.165) is 5.75 Å². The summed E-state index contributed by atoms with van der Waals surface area (Å²) in [4.78, 5) is 28.3. The monoisotopic (exact) mass is 382 g/mol. The number of aromatic nitrogens is 4. The van der Waals surface area contributed by atoms with Crippen LogP contribution < -0.4 is 21.1 Å². The van der Waals surface area contributed by atoms with Crippen molar-refractivity contribution in [2.24, 2.45) is 7.05 Å². The molecule has 9 nitrogen and oxygen atoms in total. The molecule has 3 rings (SSSR count). The molecule has 0 spiro atoms. The standard InChI is InChI=1S/C19H22N6O3/c1-24-17(16-9-5-6-10-20-16)23-25(19(24)27)13-11-21-18(26)22-12-14-28-15-7-3-2-4-8-15/h2-10H,11-14H2,1H3,(H2,21,22,26). The van der Waals surface area contributed by atoms with E-state index < -0.39 is 0 Å². The van der Waals surface area contributed by atoms with Crippen LogP contribution in [-0.4, -0.2) is 45.1 Å². The quantitative estimate of drug-likeness (QED) is 0.566. The molecule has 0 unspecified atom stereocenters. The van der Waals surface area contributed by atoms with Gasteiger partial charge in [0.05, 0.1) is 13.1 Å². The molecule has 2 aromatic heterocycles. The van der Waals surface area contributed by atoms with Gasteiger partial charge in [0, 0.05) is 19.8 Å². The fraction of sp³-hybridized carbons (Fsp3) is 0.263. The summed E-state index contributed by atoms with van der Waals surface area (Å²) in [5, 5.41) is 9.69. The topological polar surface area (TPSA) is 103 Å². The number of nitrogens with zero attached hydrogens (tertiary/aromatic N) is 4. The van der Waals surface area contributed by atoms with Gasteiger partial charge >= 0.3 is 11.7 Å². The largest absolute Gasteiger partial charge is 0.492 e. The van der Waals surface area contributed by atoms with Gasteiger partial charge in [0.15, 0.2) is 5.82 Å². The average Bonchev–Trinajstić information content (AvgIpc) is 3.01. The number of urea groups is 1. The van der Waals surface area contributed by atoms with E-state index >= 15 is 0 Å². The number of carbonyl (C=O) groups is 1. The van der Waals surface area contributed by atoms with Crippen molar-refractivity contribution in [3.63, 3.8) is 0 Å². The van der Waals surface area contributed by atoms with Crippen LogP contribution in [0, 0.1) is 0 Å². The Hall–Kier alpha value is -3.62. The number of hydrogen-bond acceptors (Lipinski definition) is 5. The molecule has 0 atom stereocenters. The molecule has 0 saturated heterocycles. The second-order valence-electron chi connectivity index (χ2n) is 5.95. The molecule has 0 aliphatic rings. The summed E-state index contributed by atoms with van der Waals surface area (Å²) in [5.41, 5.74) is 0.351. The molecule has 2 heterocycles. The number of para-hydroxylation sites is 1. The fourth-order valence-corrected chi connectivity index (χ4v) is 2.54. The predicted octanol–water partition coefficient (Wildman–Crippen LogP) is 1.02. The minimum absolute atomic E-state index is 0.257. The maximum absolute atomic E-state index is 12.3. The highest BCUT2D eigenvalue weighted by molar-refractivity contribution is 5.73. The van der Waals surface area contributed by atoms with Gasteiger partial charge in [0.1, 0.15) is 18.1 Å². The molecule has 3 aromatic rings. The fourth-order valence-electron chi connectivity index (χ4n) is 2.54. The predicted molar refractivity (Wildman–Crippen MR) is 104 cm³/mol. The van der Waals surface area contributed by atoms with Crippen molar-refractivity contribution in [1.82, 2.24) is 30.0 Å². The van der Waals surface area contributed by atoms with E-state index in [2.05, 4.69) is 20.7 Å². The summed E-state index contributed by atoms with van der Waals surface area (Å²) in [6, 6.07) is 14.5. The highest BCUT2D eigenvalue weighted by atomic mass is 16.5. The maximum atomic E-state index is 12.3. The molecule has 9 heteroatoms. The molecule has 0 saturated carbocycles. The third-order valence-corrected chi connectivity index (χ3v) is 3.94. The number of ether oxygens (including phenoxy) is 1. The summed E-state index contributed by atoms with van der Waals surface area (Å²) in [6.07, 6.45) is 1.65. The van der Waals surface area contributed by atoms with Gasteiger partial charge in [-0.05, 0) is 24.3 Å². The highest BCUT2D eigenvalue weighted by Crippen LogP contribution is 2.10. The zero-order valence-corrected chi connectivity index (χ0v) is 15.5. The van der Waals surface area contributed by atoms with Gasteiger partial charge in [0.25, 0.3) is 0 Å². The number of pyridine rings is 1. The lowest BCUT2D eigenvalue weighted by molar-refractivity contribution is 0.236. The maximum Gasteiger partial charge on any atom is 0.346 e. The molecular formula is C19H22N6O3. The number of carbonyl (C=O) groups excluding carboxylic acids is 1. The molecule has 0 radical (unpaired) electrons. The zero-order valence-electron chi connectivity index (χ0n) is 15.5. The van der Waals surface area contributed by atoms with Crippen molar-refractivity contribution in [3.8, 4) is 17.3 Å². The number of amides is 2. The van der Waals surface area contributed by atoms with Crippen LogP contribution in [0.2, 0.25) is 0 Å². The van der Waals surface area contributed by atoms with Gasteiger partial charge in [0.2, 0.25) is 0 Å². The van der Waals surface area contributed by atoms with E-state index in [1.165, 1.54) is 9.25 Å². The van der Waals surface area contributed by atoms with Crippen LogP contribution in [0.4, 0.5) is 4.79 Å². The number of benzene rings is 1. The van der Waals surface area contributed by atoms with Gasteiger partial charge in [-0.1, -0.05) is 24.3 Å². The zero-order chi connectivity index (χ0) is 19.8. The SMILES string of the molecule is Cn1c(-c2ccccn2)nn(CCNC(=O)NCCOc2ccccc2)c1=O. The molecule has 2 N–H and O–H groups in total. The first-order chi connectivity index (χ1) is 13.6. The third-order valence-electron chi connectivity index (χ3n) is 3.94. The number of hydrogen-bond donors (Lipinski definition) is 2. The van der Waals surface area contributed by atoms with Gasteiger partial charge in [-0.2, -0.15) is 0 Å². The molecular weight excluding hydrogens is 360 g/mol. The molecule has 0 aliphatic heterocycles.